The molecule has 0 aliphatic heterocycles. The van der Waals surface area contributed by atoms with Gasteiger partial charge in [-0.25, -0.2) is 0 Å². The second-order valence-corrected chi connectivity index (χ2v) is 17.4. The Morgan fingerprint density at radius 3 is 1.15 bits per heavy atom. The molecule has 0 saturated heterocycles. The molecular formula is C59H98O6. The van der Waals surface area contributed by atoms with Gasteiger partial charge in [0, 0.05) is 19.3 Å². The molecule has 0 aliphatic carbocycles. The molecule has 6 nitrogen and oxygen atoms in total. The minimum absolute atomic E-state index is 0.108. The van der Waals surface area contributed by atoms with E-state index >= 15 is 0 Å². The topological polar surface area (TPSA) is 78.9 Å². The maximum Gasteiger partial charge on any atom is 0.306 e. The van der Waals surface area contributed by atoms with Crippen LogP contribution in [0, 0.1) is 0 Å². The van der Waals surface area contributed by atoms with E-state index in [4.69, 9.17) is 14.2 Å². The molecule has 0 amide bonds. The number of allylic oxidation sites excluding steroid dienone is 16. The first-order chi connectivity index (χ1) is 32.0. The second kappa shape index (κ2) is 52.9. The van der Waals surface area contributed by atoms with Crippen LogP contribution >= 0.6 is 0 Å². The molecule has 0 aromatic rings. The van der Waals surface area contributed by atoms with Crippen molar-refractivity contribution in [3.63, 3.8) is 0 Å². The van der Waals surface area contributed by atoms with Gasteiger partial charge < -0.3 is 14.2 Å². The zero-order valence-electron chi connectivity index (χ0n) is 42.2. The molecule has 370 valence electrons. The first-order valence-electron chi connectivity index (χ1n) is 26.8. The molecular weight excluding hydrogens is 805 g/mol. The number of ether oxygens (including phenoxy) is 3. The summed E-state index contributed by atoms with van der Waals surface area (Å²) < 4.78 is 16.7. The van der Waals surface area contributed by atoms with E-state index in [0.29, 0.717) is 19.3 Å². The summed E-state index contributed by atoms with van der Waals surface area (Å²) in [6, 6.07) is 0. The van der Waals surface area contributed by atoms with E-state index in [1.807, 2.05) is 6.08 Å². The molecule has 0 aliphatic rings. The van der Waals surface area contributed by atoms with Gasteiger partial charge in [-0.3, -0.25) is 14.4 Å². The summed E-state index contributed by atoms with van der Waals surface area (Å²) in [6.45, 7) is 6.41. The number of carbonyl (C=O) groups excluding carboxylic acids is 3. The Hall–Kier alpha value is -3.67. The molecule has 65 heavy (non-hydrogen) atoms. The van der Waals surface area contributed by atoms with Crippen molar-refractivity contribution in [1.82, 2.24) is 0 Å². The summed E-state index contributed by atoms with van der Waals surface area (Å²) in [4.78, 5) is 38.0. The van der Waals surface area contributed by atoms with Crippen molar-refractivity contribution in [1.29, 1.82) is 0 Å². The Labute approximate surface area is 400 Å². The zero-order chi connectivity index (χ0) is 47.2. The van der Waals surface area contributed by atoms with Crippen molar-refractivity contribution >= 4 is 17.9 Å². The number of carbonyl (C=O) groups is 3. The summed E-state index contributed by atoms with van der Waals surface area (Å²) in [7, 11) is 0. The number of hydrogen-bond donors (Lipinski definition) is 0. The fourth-order valence-corrected chi connectivity index (χ4v) is 7.06. The fourth-order valence-electron chi connectivity index (χ4n) is 7.06. The first-order valence-corrected chi connectivity index (χ1v) is 26.8. The SMILES string of the molecule is CC/C=C/C/C=C/C/C=C/C/C=C/CCCCCCCCC(=O)OCC(COC(=O)CC/C=C/C/C=C/CCCCCCCC)OC(=O)CCCCCCCC/C=C/C=C/CCCCC. The van der Waals surface area contributed by atoms with E-state index in [1.165, 1.54) is 89.9 Å². The van der Waals surface area contributed by atoms with Crippen molar-refractivity contribution < 1.29 is 28.6 Å². The number of esters is 3. The van der Waals surface area contributed by atoms with Crippen LogP contribution in [0.5, 0.6) is 0 Å². The molecule has 0 fully saturated rings. The number of hydrogen-bond acceptors (Lipinski definition) is 6. The predicted molar refractivity (Wildman–Crippen MR) is 279 cm³/mol. The Morgan fingerprint density at radius 2 is 0.677 bits per heavy atom. The van der Waals surface area contributed by atoms with E-state index < -0.39 is 6.10 Å². The van der Waals surface area contributed by atoms with Crippen LogP contribution in [0.2, 0.25) is 0 Å². The number of rotatable bonds is 47. The third kappa shape index (κ3) is 51.2. The highest BCUT2D eigenvalue weighted by Crippen LogP contribution is 2.13. The maximum absolute atomic E-state index is 12.8. The quantitative estimate of drug-likeness (QED) is 0.0199. The standard InChI is InChI=1S/C59H98O6/c1-4-7-10-13-16-19-22-25-27-28-29-30-32-34-37-40-43-46-49-52-58(61)64-55-56(54-63-57(60)51-48-45-42-39-36-33-24-21-18-15-12-9-6-3)65-59(62)53-50-47-44-41-38-35-31-26-23-20-17-14-11-8-5-2/h7,10,16-17,19-20,23,25-27,29-30,33,36,42,45,56H,4-6,8-9,11-15,18,21-22,24,28,31-32,34-35,37-41,43-44,46-55H2,1-3H3/b10-7+,19-16+,20-17+,26-23+,27-25+,30-29+,36-33+,45-42+. The van der Waals surface area contributed by atoms with Crippen LogP contribution in [0.15, 0.2) is 97.2 Å². The Balaban J connectivity index is 4.48. The molecule has 0 rings (SSSR count). The van der Waals surface area contributed by atoms with Crippen LogP contribution < -0.4 is 0 Å². The van der Waals surface area contributed by atoms with E-state index in [9.17, 15) is 14.4 Å². The lowest BCUT2D eigenvalue weighted by molar-refractivity contribution is -0.166. The van der Waals surface area contributed by atoms with Crippen molar-refractivity contribution in [2.75, 3.05) is 13.2 Å². The Bertz CT molecular complexity index is 1310. The minimum Gasteiger partial charge on any atom is -0.462 e. The monoisotopic (exact) mass is 903 g/mol. The smallest absolute Gasteiger partial charge is 0.306 e. The van der Waals surface area contributed by atoms with E-state index in [2.05, 4.69) is 112 Å². The third-order valence-corrected chi connectivity index (χ3v) is 11.1. The maximum atomic E-state index is 12.8. The van der Waals surface area contributed by atoms with Crippen LogP contribution in [-0.2, 0) is 28.6 Å². The average Bonchev–Trinajstić information content (AvgIpc) is 3.30. The van der Waals surface area contributed by atoms with Crippen molar-refractivity contribution in [2.24, 2.45) is 0 Å². The molecule has 0 N–H and O–H groups in total. The van der Waals surface area contributed by atoms with Gasteiger partial charge in [0.15, 0.2) is 6.10 Å². The lowest BCUT2D eigenvalue weighted by Crippen LogP contribution is -2.30. The van der Waals surface area contributed by atoms with Gasteiger partial charge >= 0.3 is 17.9 Å². The molecule has 6 heteroatoms. The predicted octanol–water partition coefficient (Wildman–Crippen LogP) is 17.8. The minimum atomic E-state index is -0.813. The van der Waals surface area contributed by atoms with Crippen LogP contribution in [0.25, 0.3) is 0 Å². The van der Waals surface area contributed by atoms with E-state index in [0.717, 1.165) is 103 Å². The van der Waals surface area contributed by atoms with Gasteiger partial charge in [0.05, 0.1) is 0 Å². The van der Waals surface area contributed by atoms with Gasteiger partial charge in [-0.15, -0.1) is 0 Å². The van der Waals surface area contributed by atoms with Crippen molar-refractivity contribution in [3.05, 3.63) is 97.2 Å². The highest BCUT2D eigenvalue weighted by atomic mass is 16.6. The lowest BCUT2D eigenvalue weighted by Gasteiger charge is -2.18. The van der Waals surface area contributed by atoms with Gasteiger partial charge in [0.2, 0.25) is 0 Å². The van der Waals surface area contributed by atoms with Crippen molar-refractivity contribution in [3.8, 4) is 0 Å². The van der Waals surface area contributed by atoms with Crippen molar-refractivity contribution in [2.45, 2.75) is 245 Å². The van der Waals surface area contributed by atoms with Gasteiger partial charge in [-0.05, 0) is 103 Å². The molecule has 0 aromatic heterocycles. The Kier molecular flexibility index (Phi) is 50.0. The molecule has 1 unspecified atom stereocenters. The summed E-state index contributed by atoms with van der Waals surface area (Å²) >= 11 is 0. The molecule has 0 saturated carbocycles. The van der Waals surface area contributed by atoms with Crippen LogP contribution in [0.4, 0.5) is 0 Å². The van der Waals surface area contributed by atoms with Gasteiger partial charge in [-0.1, -0.05) is 214 Å². The number of unbranched alkanes of at least 4 members (excludes halogenated alkanes) is 21. The second-order valence-electron chi connectivity index (χ2n) is 17.4. The first kappa shape index (κ1) is 61.3. The van der Waals surface area contributed by atoms with E-state index in [-0.39, 0.29) is 37.5 Å². The molecule has 1 atom stereocenters. The van der Waals surface area contributed by atoms with Crippen LogP contribution in [0.1, 0.15) is 239 Å². The summed E-state index contributed by atoms with van der Waals surface area (Å²) in [5.41, 5.74) is 0. The summed E-state index contributed by atoms with van der Waals surface area (Å²) in [5, 5.41) is 0. The molecule has 0 heterocycles. The third-order valence-electron chi connectivity index (χ3n) is 11.1. The molecule has 0 radical (unpaired) electrons. The van der Waals surface area contributed by atoms with Crippen LogP contribution in [-0.4, -0.2) is 37.2 Å². The zero-order valence-corrected chi connectivity index (χ0v) is 42.2. The Morgan fingerprint density at radius 1 is 0.338 bits per heavy atom. The summed E-state index contributed by atoms with van der Waals surface area (Å²) in [5.74, 6) is -1.00. The van der Waals surface area contributed by atoms with Gasteiger partial charge in [0.1, 0.15) is 13.2 Å². The molecule has 0 bridgehead atoms. The van der Waals surface area contributed by atoms with E-state index in [1.54, 1.807) is 0 Å². The van der Waals surface area contributed by atoms with Gasteiger partial charge in [-0.2, -0.15) is 0 Å². The normalized spacial score (nSPS) is 12.8. The van der Waals surface area contributed by atoms with Gasteiger partial charge in [0.25, 0.3) is 0 Å². The molecule has 0 aromatic carbocycles. The average molecular weight is 903 g/mol. The largest absolute Gasteiger partial charge is 0.462 e. The fraction of sp³-hybridized carbons (Fsp3) is 0.678. The highest BCUT2D eigenvalue weighted by molar-refractivity contribution is 5.71. The highest BCUT2D eigenvalue weighted by Gasteiger charge is 2.19. The molecule has 0 spiro atoms. The summed E-state index contributed by atoms with van der Waals surface area (Å²) in [6.07, 6.45) is 69.7. The van der Waals surface area contributed by atoms with Crippen LogP contribution in [0.3, 0.4) is 0 Å². The lowest BCUT2D eigenvalue weighted by atomic mass is 10.1.